The Bertz CT molecular complexity index is 862. The quantitative estimate of drug-likeness (QED) is 0.910. The van der Waals surface area contributed by atoms with Crippen LogP contribution in [0.25, 0.3) is 0 Å². The number of nitriles is 1. The zero-order valence-electron chi connectivity index (χ0n) is 15.2. The minimum atomic E-state index is -0.917. The molecule has 26 heavy (non-hydrogen) atoms. The molecule has 1 saturated heterocycles. The Morgan fingerprint density at radius 1 is 1.27 bits per heavy atom. The van der Waals surface area contributed by atoms with Gasteiger partial charge in [-0.05, 0) is 62.8 Å². The Kier molecular flexibility index (Phi) is 5.22. The number of carboxylic acids is 1. The molecule has 2 heterocycles. The highest BCUT2D eigenvalue weighted by Gasteiger charge is 2.22. The van der Waals surface area contributed by atoms with Crippen LogP contribution in [0, 0.1) is 31.1 Å². The Labute approximate surface area is 153 Å². The molecule has 0 saturated carbocycles. The Morgan fingerprint density at radius 3 is 2.62 bits per heavy atom. The number of hydrogen-bond donors (Lipinski definition) is 1. The summed E-state index contributed by atoms with van der Waals surface area (Å²) in [5.41, 5.74) is 4.55. The van der Waals surface area contributed by atoms with Crippen LogP contribution in [0.2, 0.25) is 0 Å². The number of aromatic carboxylic acids is 1. The second-order valence-electron chi connectivity index (χ2n) is 6.93. The lowest BCUT2D eigenvalue weighted by molar-refractivity contribution is 0.0695. The number of piperidine rings is 1. The van der Waals surface area contributed by atoms with Crippen molar-refractivity contribution in [3.63, 3.8) is 0 Å². The molecule has 1 aliphatic heterocycles. The maximum Gasteiger partial charge on any atom is 0.337 e. The van der Waals surface area contributed by atoms with Crippen molar-refractivity contribution in [3.05, 3.63) is 58.4 Å². The summed E-state index contributed by atoms with van der Waals surface area (Å²) in [5.74, 6) is -0.412. The van der Waals surface area contributed by atoms with Crippen LogP contribution >= 0.6 is 0 Å². The number of hydrogen-bond acceptors (Lipinski definition) is 4. The maximum atomic E-state index is 11.4. The summed E-state index contributed by atoms with van der Waals surface area (Å²) in [6.45, 7) is 5.51. The van der Waals surface area contributed by atoms with E-state index in [4.69, 9.17) is 0 Å². The van der Waals surface area contributed by atoms with Gasteiger partial charge in [-0.1, -0.05) is 12.1 Å². The van der Waals surface area contributed by atoms with E-state index in [0.717, 1.165) is 54.9 Å². The standard InChI is InChI=1S/C21H23N3O2/c1-14-18(12-19(21(25)26)15(2)23-14)11-16-7-9-24(10-8-16)20-6-4-3-5-17(20)13-22/h3-6,12,16H,7-11H2,1-2H3,(H,25,26). The predicted molar refractivity (Wildman–Crippen MR) is 100 cm³/mol. The van der Waals surface area contributed by atoms with Gasteiger partial charge in [0, 0.05) is 18.8 Å². The average molecular weight is 349 g/mol. The number of aromatic nitrogens is 1. The molecule has 134 valence electrons. The zero-order valence-corrected chi connectivity index (χ0v) is 15.2. The van der Waals surface area contributed by atoms with Crippen LogP contribution in [0.4, 0.5) is 5.69 Å². The van der Waals surface area contributed by atoms with Gasteiger partial charge in [0.25, 0.3) is 0 Å². The van der Waals surface area contributed by atoms with Crippen LogP contribution < -0.4 is 4.90 Å². The fraction of sp³-hybridized carbons (Fsp3) is 0.381. The number of nitrogens with zero attached hydrogens (tertiary/aromatic N) is 3. The van der Waals surface area contributed by atoms with Crippen LogP contribution in [0.1, 0.15) is 45.7 Å². The van der Waals surface area contributed by atoms with Gasteiger partial charge in [0.1, 0.15) is 6.07 Å². The Hall–Kier alpha value is -2.87. The molecule has 1 aromatic heterocycles. The summed E-state index contributed by atoms with van der Waals surface area (Å²) < 4.78 is 0. The first-order valence-corrected chi connectivity index (χ1v) is 8.94. The molecule has 3 rings (SSSR count). The zero-order chi connectivity index (χ0) is 18.7. The van der Waals surface area contributed by atoms with Crippen LogP contribution in [0.3, 0.4) is 0 Å². The van der Waals surface area contributed by atoms with E-state index in [-0.39, 0.29) is 0 Å². The monoisotopic (exact) mass is 349 g/mol. The number of aryl methyl sites for hydroxylation is 2. The molecule has 1 N–H and O–H groups in total. The molecule has 1 fully saturated rings. The molecular formula is C21H23N3O2. The van der Waals surface area contributed by atoms with Gasteiger partial charge in [-0.15, -0.1) is 0 Å². The number of rotatable bonds is 4. The first-order valence-electron chi connectivity index (χ1n) is 8.94. The van der Waals surface area contributed by atoms with Crippen LogP contribution in [-0.2, 0) is 6.42 Å². The summed E-state index contributed by atoms with van der Waals surface area (Å²) in [6, 6.07) is 11.8. The summed E-state index contributed by atoms with van der Waals surface area (Å²) in [6.07, 6.45) is 2.90. The van der Waals surface area contributed by atoms with Gasteiger partial charge in [0.15, 0.2) is 0 Å². The second kappa shape index (κ2) is 7.57. The fourth-order valence-electron chi connectivity index (χ4n) is 3.72. The molecule has 0 bridgehead atoms. The van der Waals surface area contributed by atoms with Crippen molar-refractivity contribution in [1.82, 2.24) is 4.98 Å². The van der Waals surface area contributed by atoms with Crippen molar-refractivity contribution >= 4 is 11.7 Å². The number of pyridine rings is 1. The minimum Gasteiger partial charge on any atom is -0.478 e. The molecule has 5 heteroatoms. The third kappa shape index (κ3) is 3.70. The number of para-hydroxylation sites is 1. The third-order valence-electron chi connectivity index (χ3n) is 5.23. The predicted octanol–water partition coefficient (Wildman–Crippen LogP) is 3.73. The van der Waals surface area contributed by atoms with Crippen molar-refractivity contribution in [2.75, 3.05) is 18.0 Å². The lowest BCUT2D eigenvalue weighted by atomic mass is 9.88. The lowest BCUT2D eigenvalue weighted by Gasteiger charge is -2.34. The van der Waals surface area contributed by atoms with E-state index in [0.29, 0.717) is 17.2 Å². The molecular weight excluding hydrogens is 326 g/mol. The van der Waals surface area contributed by atoms with E-state index >= 15 is 0 Å². The van der Waals surface area contributed by atoms with Gasteiger partial charge in [-0.3, -0.25) is 4.98 Å². The summed E-state index contributed by atoms with van der Waals surface area (Å²) in [4.78, 5) is 18.1. The van der Waals surface area contributed by atoms with Crippen molar-refractivity contribution in [3.8, 4) is 6.07 Å². The van der Waals surface area contributed by atoms with E-state index in [9.17, 15) is 15.2 Å². The highest BCUT2D eigenvalue weighted by Crippen LogP contribution is 2.28. The van der Waals surface area contributed by atoms with Crippen molar-refractivity contribution in [1.29, 1.82) is 5.26 Å². The lowest BCUT2D eigenvalue weighted by Crippen LogP contribution is -2.34. The topological polar surface area (TPSA) is 77.2 Å². The fourth-order valence-corrected chi connectivity index (χ4v) is 3.72. The van der Waals surface area contributed by atoms with Crippen LogP contribution in [0.5, 0.6) is 0 Å². The summed E-state index contributed by atoms with van der Waals surface area (Å²) in [7, 11) is 0. The third-order valence-corrected chi connectivity index (χ3v) is 5.23. The number of benzene rings is 1. The average Bonchev–Trinajstić information content (AvgIpc) is 2.64. The molecule has 1 aromatic carbocycles. The largest absolute Gasteiger partial charge is 0.478 e. The van der Waals surface area contributed by atoms with Gasteiger partial charge in [0.05, 0.1) is 22.5 Å². The minimum absolute atomic E-state index is 0.297. The Balaban J connectivity index is 1.69. The molecule has 0 unspecified atom stereocenters. The summed E-state index contributed by atoms with van der Waals surface area (Å²) >= 11 is 0. The second-order valence-corrected chi connectivity index (χ2v) is 6.93. The highest BCUT2D eigenvalue weighted by atomic mass is 16.4. The molecule has 0 radical (unpaired) electrons. The molecule has 5 nitrogen and oxygen atoms in total. The number of carbonyl (C=O) groups is 1. The first-order chi connectivity index (χ1) is 12.5. The van der Waals surface area contributed by atoms with Crippen molar-refractivity contribution in [2.45, 2.75) is 33.1 Å². The molecule has 0 aliphatic carbocycles. The normalized spacial score (nSPS) is 14.9. The van der Waals surface area contributed by atoms with E-state index in [2.05, 4.69) is 16.0 Å². The highest BCUT2D eigenvalue weighted by molar-refractivity contribution is 5.89. The van der Waals surface area contributed by atoms with Crippen LogP contribution in [-0.4, -0.2) is 29.1 Å². The van der Waals surface area contributed by atoms with E-state index < -0.39 is 5.97 Å². The van der Waals surface area contributed by atoms with Gasteiger partial charge >= 0.3 is 5.97 Å². The number of carboxylic acid groups (broad SMARTS) is 1. The SMILES string of the molecule is Cc1nc(C)c(C(=O)O)cc1CC1CCN(c2ccccc2C#N)CC1. The molecule has 2 aromatic rings. The van der Waals surface area contributed by atoms with Gasteiger partial charge in [0.2, 0.25) is 0 Å². The summed E-state index contributed by atoms with van der Waals surface area (Å²) in [5, 5.41) is 18.6. The molecule has 0 amide bonds. The number of anilines is 1. The van der Waals surface area contributed by atoms with E-state index in [1.54, 1.807) is 13.0 Å². The van der Waals surface area contributed by atoms with Gasteiger partial charge in [-0.2, -0.15) is 5.26 Å². The van der Waals surface area contributed by atoms with Crippen molar-refractivity contribution < 1.29 is 9.90 Å². The van der Waals surface area contributed by atoms with E-state index in [1.165, 1.54) is 0 Å². The van der Waals surface area contributed by atoms with Gasteiger partial charge in [-0.25, -0.2) is 4.79 Å². The molecule has 0 atom stereocenters. The van der Waals surface area contributed by atoms with Gasteiger partial charge < -0.3 is 10.0 Å². The first kappa shape index (κ1) is 17.9. The van der Waals surface area contributed by atoms with Crippen LogP contribution in [0.15, 0.2) is 30.3 Å². The van der Waals surface area contributed by atoms with Crippen molar-refractivity contribution in [2.24, 2.45) is 5.92 Å². The smallest absolute Gasteiger partial charge is 0.337 e. The molecule has 0 spiro atoms. The van der Waals surface area contributed by atoms with E-state index in [1.807, 2.05) is 31.2 Å². The Morgan fingerprint density at radius 2 is 1.96 bits per heavy atom. The maximum absolute atomic E-state index is 11.4. The molecule has 1 aliphatic rings.